The molecule has 24 heavy (non-hydrogen) atoms. The van der Waals surface area contributed by atoms with Crippen molar-refractivity contribution in [1.29, 1.82) is 0 Å². The zero-order chi connectivity index (χ0) is 16.5. The minimum Gasteiger partial charge on any atom is -0.307 e. The van der Waals surface area contributed by atoms with Gasteiger partial charge in [0, 0.05) is 26.2 Å². The average molecular weight is 317 g/mol. The maximum absolute atomic E-state index is 4.71. The van der Waals surface area contributed by atoms with Gasteiger partial charge in [-0.25, -0.2) is 0 Å². The molecule has 0 amide bonds. The molecule has 1 aromatic heterocycles. The topological polar surface area (TPSA) is 37.0 Å². The maximum atomic E-state index is 4.71. The number of rotatable bonds is 8. The van der Waals surface area contributed by atoms with Crippen LogP contribution in [0, 0.1) is 0 Å². The first kappa shape index (κ1) is 16.4. The van der Waals surface area contributed by atoms with Crippen molar-refractivity contribution in [3.05, 3.63) is 101 Å². The lowest BCUT2D eigenvalue weighted by molar-refractivity contribution is 0.655. The Bertz CT molecular complexity index is 666. The van der Waals surface area contributed by atoms with E-state index >= 15 is 0 Å². The van der Waals surface area contributed by atoms with Gasteiger partial charge in [-0.3, -0.25) is 4.98 Å². The van der Waals surface area contributed by atoms with Crippen LogP contribution in [0.15, 0.2) is 78.9 Å². The van der Waals surface area contributed by atoms with Gasteiger partial charge in [0.2, 0.25) is 0 Å². The van der Waals surface area contributed by atoms with Crippen LogP contribution in [0.3, 0.4) is 0 Å². The van der Waals surface area contributed by atoms with E-state index in [-0.39, 0.29) is 0 Å². The van der Waals surface area contributed by atoms with E-state index in [1.807, 2.05) is 12.1 Å². The summed E-state index contributed by atoms with van der Waals surface area (Å²) in [6, 6.07) is 27.1. The Labute approximate surface area is 143 Å². The molecule has 2 N–H and O–H groups in total. The van der Waals surface area contributed by atoms with Gasteiger partial charge in [0.05, 0.1) is 11.4 Å². The van der Waals surface area contributed by atoms with E-state index in [4.69, 9.17) is 4.98 Å². The highest BCUT2D eigenvalue weighted by molar-refractivity contribution is 5.16. The Morgan fingerprint density at radius 2 is 0.958 bits per heavy atom. The van der Waals surface area contributed by atoms with Gasteiger partial charge in [-0.15, -0.1) is 0 Å². The van der Waals surface area contributed by atoms with Crippen molar-refractivity contribution in [2.75, 3.05) is 0 Å². The van der Waals surface area contributed by atoms with E-state index in [2.05, 4.69) is 77.4 Å². The Morgan fingerprint density at radius 3 is 1.42 bits per heavy atom. The molecule has 0 saturated carbocycles. The first-order valence-electron chi connectivity index (χ1n) is 8.34. The third kappa shape index (κ3) is 5.30. The summed E-state index contributed by atoms with van der Waals surface area (Å²) in [5, 5.41) is 6.89. The first-order chi connectivity index (χ1) is 11.9. The molecule has 3 heteroatoms. The van der Waals surface area contributed by atoms with Gasteiger partial charge in [0.25, 0.3) is 0 Å². The summed E-state index contributed by atoms with van der Waals surface area (Å²) in [4.78, 5) is 4.71. The second-order valence-electron chi connectivity index (χ2n) is 5.80. The van der Waals surface area contributed by atoms with Gasteiger partial charge in [-0.05, 0) is 23.3 Å². The predicted molar refractivity (Wildman–Crippen MR) is 98.2 cm³/mol. The summed E-state index contributed by atoms with van der Waals surface area (Å²) in [5.41, 5.74) is 4.73. The van der Waals surface area contributed by atoms with Crippen LogP contribution in [0.2, 0.25) is 0 Å². The standard InChI is InChI=1S/C21H23N3/c1-3-8-18(9-4-1)14-22-16-20-12-7-13-21(24-20)17-23-15-19-10-5-2-6-11-19/h1-13,22-23H,14-17H2. The molecule has 122 valence electrons. The lowest BCUT2D eigenvalue weighted by atomic mass is 10.2. The van der Waals surface area contributed by atoms with Gasteiger partial charge in [-0.2, -0.15) is 0 Å². The van der Waals surface area contributed by atoms with E-state index in [0.717, 1.165) is 37.6 Å². The second kappa shape index (κ2) is 8.96. The van der Waals surface area contributed by atoms with Gasteiger partial charge < -0.3 is 10.6 Å². The van der Waals surface area contributed by atoms with Crippen molar-refractivity contribution in [2.45, 2.75) is 26.2 Å². The molecular weight excluding hydrogens is 294 g/mol. The van der Waals surface area contributed by atoms with E-state index in [0.29, 0.717) is 0 Å². The molecule has 0 aliphatic heterocycles. The van der Waals surface area contributed by atoms with Crippen LogP contribution >= 0.6 is 0 Å². The molecule has 2 aromatic carbocycles. The molecule has 3 aromatic rings. The fourth-order valence-corrected chi connectivity index (χ4v) is 2.59. The molecule has 0 radical (unpaired) electrons. The summed E-state index contributed by atoms with van der Waals surface area (Å²) >= 11 is 0. The molecule has 0 saturated heterocycles. The van der Waals surface area contributed by atoms with Gasteiger partial charge in [-0.1, -0.05) is 66.7 Å². The Morgan fingerprint density at radius 1 is 0.500 bits per heavy atom. The molecule has 3 nitrogen and oxygen atoms in total. The largest absolute Gasteiger partial charge is 0.307 e. The van der Waals surface area contributed by atoms with E-state index < -0.39 is 0 Å². The quantitative estimate of drug-likeness (QED) is 0.666. The molecule has 1 heterocycles. The molecule has 0 atom stereocenters. The highest BCUT2D eigenvalue weighted by atomic mass is 14.9. The van der Waals surface area contributed by atoms with Crippen molar-refractivity contribution in [1.82, 2.24) is 15.6 Å². The zero-order valence-electron chi connectivity index (χ0n) is 13.8. The minimum absolute atomic E-state index is 0.779. The second-order valence-corrected chi connectivity index (χ2v) is 5.80. The molecule has 0 aliphatic rings. The number of benzene rings is 2. The molecule has 0 aliphatic carbocycles. The van der Waals surface area contributed by atoms with Crippen molar-refractivity contribution in [2.24, 2.45) is 0 Å². The summed E-state index contributed by atoms with van der Waals surface area (Å²) in [7, 11) is 0. The molecule has 0 fully saturated rings. The summed E-state index contributed by atoms with van der Waals surface area (Å²) in [5.74, 6) is 0. The molecule has 0 bridgehead atoms. The minimum atomic E-state index is 0.779. The van der Waals surface area contributed by atoms with E-state index in [1.165, 1.54) is 11.1 Å². The Balaban J connectivity index is 1.45. The fourth-order valence-electron chi connectivity index (χ4n) is 2.59. The fraction of sp³-hybridized carbons (Fsp3) is 0.190. The highest BCUT2D eigenvalue weighted by Gasteiger charge is 1.99. The first-order valence-corrected chi connectivity index (χ1v) is 8.34. The molecule has 0 unspecified atom stereocenters. The smallest absolute Gasteiger partial charge is 0.0545 e. The average Bonchev–Trinajstić information content (AvgIpc) is 2.64. The molecule has 0 spiro atoms. The number of aromatic nitrogens is 1. The monoisotopic (exact) mass is 317 g/mol. The Kier molecular flexibility index (Phi) is 6.12. The van der Waals surface area contributed by atoms with Crippen LogP contribution < -0.4 is 10.6 Å². The summed E-state index contributed by atoms with van der Waals surface area (Å²) < 4.78 is 0. The van der Waals surface area contributed by atoms with Gasteiger partial charge in [0.15, 0.2) is 0 Å². The normalized spacial score (nSPS) is 10.7. The van der Waals surface area contributed by atoms with Crippen LogP contribution in [-0.2, 0) is 26.2 Å². The summed E-state index contributed by atoms with van der Waals surface area (Å²) in [6.45, 7) is 3.28. The molecular formula is C21H23N3. The Hall–Kier alpha value is -2.49. The van der Waals surface area contributed by atoms with Crippen molar-refractivity contribution in [3.8, 4) is 0 Å². The summed E-state index contributed by atoms with van der Waals surface area (Å²) in [6.07, 6.45) is 0. The van der Waals surface area contributed by atoms with E-state index in [9.17, 15) is 0 Å². The zero-order valence-corrected chi connectivity index (χ0v) is 13.8. The van der Waals surface area contributed by atoms with E-state index in [1.54, 1.807) is 0 Å². The lowest BCUT2D eigenvalue weighted by Crippen LogP contribution is -2.16. The van der Waals surface area contributed by atoms with Gasteiger partial charge >= 0.3 is 0 Å². The number of nitrogens with zero attached hydrogens (tertiary/aromatic N) is 1. The number of hydrogen-bond acceptors (Lipinski definition) is 3. The molecule has 3 rings (SSSR count). The van der Waals surface area contributed by atoms with Crippen molar-refractivity contribution < 1.29 is 0 Å². The van der Waals surface area contributed by atoms with Crippen LogP contribution in [0.4, 0.5) is 0 Å². The van der Waals surface area contributed by atoms with Crippen molar-refractivity contribution in [3.63, 3.8) is 0 Å². The highest BCUT2D eigenvalue weighted by Crippen LogP contribution is 2.03. The van der Waals surface area contributed by atoms with Gasteiger partial charge in [0.1, 0.15) is 0 Å². The van der Waals surface area contributed by atoms with Crippen LogP contribution in [0.25, 0.3) is 0 Å². The van der Waals surface area contributed by atoms with Crippen molar-refractivity contribution >= 4 is 0 Å². The predicted octanol–water partition coefficient (Wildman–Crippen LogP) is 3.66. The third-order valence-electron chi connectivity index (χ3n) is 3.82. The SMILES string of the molecule is c1ccc(CNCc2cccc(CNCc3ccccc3)n2)cc1. The third-order valence-corrected chi connectivity index (χ3v) is 3.82. The number of nitrogens with one attached hydrogen (secondary N) is 2. The maximum Gasteiger partial charge on any atom is 0.0545 e. The van der Waals surface area contributed by atoms with Crippen LogP contribution in [0.5, 0.6) is 0 Å². The number of hydrogen-bond donors (Lipinski definition) is 2. The lowest BCUT2D eigenvalue weighted by Gasteiger charge is -2.08. The van der Waals surface area contributed by atoms with Crippen LogP contribution in [0.1, 0.15) is 22.5 Å². The van der Waals surface area contributed by atoms with Crippen LogP contribution in [-0.4, -0.2) is 4.98 Å². The number of pyridine rings is 1.